The third-order valence-electron chi connectivity index (χ3n) is 1.33. The van der Waals surface area contributed by atoms with Crippen molar-refractivity contribution in [3.63, 3.8) is 0 Å². The molecular formula is C8H5Cl2FO. The van der Waals surface area contributed by atoms with Crippen LogP contribution in [0.5, 0.6) is 0 Å². The molecule has 1 nitrogen and oxygen atoms in total. The van der Waals surface area contributed by atoms with Gasteiger partial charge in [0, 0.05) is 10.6 Å². The van der Waals surface area contributed by atoms with Crippen molar-refractivity contribution in [3.8, 4) is 0 Å². The number of alkyl halides is 2. The zero-order valence-corrected chi connectivity index (χ0v) is 7.44. The Morgan fingerprint density at radius 2 is 1.83 bits per heavy atom. The predicted molar refractivity (Wildman–Crippen MR) is 46.5 cm³/mol. The molecule has 1 aromatic carbocycles. The fraction of sp³-hybridized carbons (Fsp3) is 0.125. The molecule has 0 bridgehead atoms. The van der Waals surface area contributed by atoms with Gasteiger partial charge in [0.15, 0.2) is 0 Å². The van der Waals surface area contributed by atoms with E-state index in [0.717, 1.165) is 0 Å². The number of hydrogen-bond donors (Lipinski definition) is 0. The van der Waals surface area contributed by atoms with Crippen molar-refractivity contribution in [2.75, 3.05) is 0 Å². The van der Waals surface area contributed by atoms with Gasteiger partial charge in [0.25, 0.3) is 0 Å². The quantitative estimate of drug-likeness (QED) is 0.538. The van der Waals surface area contributed by atoms with Crippen LogP contribution in [0.4, 0.5) is 4.39 Å². The van der Waals surface area contributed by atoms with Gasteiger partial charge in [-0.25, -0.2) is 4.39 Å². The highest BCUT2D eigenvalue weighted by atomic mass is 35.5. The van der Waals surface area contributed by atoms with Gasteiger partial charge < -0.3 is 0 Å². The highest BCUT2D eigenvalue weighted by Gasteiger charge is 2.14. The number of hydrogen-bond acceptors (Lipinski definition) is 1. The summed E-state index contributed by atoms with van der Waals surface area (Å²) < 4.78 is 12.3. The summed E-state index contributed by atoms with van der Waals surface area (Å²) in [5.41, 5.74) is -1.76. The molecule has 1 atom stereocenters. The summed E-state index contributed by atoms with van der Waals surface area (Å²) in [5.74, 6) is -0.742. The van der Waals surface area contributed by atoms with E-state index in [1.165, 1.54) is 24.3 Å². The van der Waals surface area contributed by atoms with E-state index in [2.05, 4.69) is 0 Å². The van der Waals surface area contributed by atoms with Gasteiger partial charge in [-0.15, -0.1) is 0 Å². The molecule has 0 radical (unpaired) electrons. The molecule has 4 heteroatoms. The molecule has 0 spiro atoms. The minimum absolute atomic E-state index is 0.224. The first-order chi connectivity index (χ1) is 5.61. The molecule has 1 aromatic rings. The smallest absolute Gasteiger partial charge is 0.235 e. The summed E-state index contributed by atoms with van der Waals surface area (Å²) in [7, 11) is 0. The van der Waals surface area contributed by atoms with Gasteiger partial charge in [0.05, 0.1) is 0 Å². The SMILES string of the molecule is O=C(c1ccc(Cl)cc1)[C@H](F)Cl. The average Bonchev–Trinajstić information content (AvgIpc) is 2.04. The van der Waals surface area contributed by atoms with E-state index in [1.807, 2.05) is 0 Å². The Labute approximate surface area is 79.1 Å². The van der Waals surface area contributed by atoms with Crippen LogP contribution in [0.2, 0.25) is 5.02 Å². The molecular weight excluding hydrogens is 202 g/mol. The standard InChI is InChI=1S/C8H5Cl2FO/c9-6-3-1-5(2-4-6)7(12)8(10)11/h1-4,8H/t8-/m0/s1. The second kappa shape index (κ2) is 3.87. The van der Waals surface area contributed by atoms with E-state index in [0.29, 0.717) is 5.02 Å². The minimum Gasteiger partial charge on any atom is -0.289 e. The molecule has 0 N–H and O–H groups in total. The maximum Gasteiger partial charge on any atom is 0.235 e. The lowest BCUT2D eigenvalue weighted by Gasteiger charge is -1.98. The third kappa shape index (κ3) is 2.19. The van der Waals surface area contributed by atoms with Crippen LogP contribution in [-0.4, -0.2) is 11.4 Å². The molecule has 1 rings (SSSR count). The number of carbonyl (C=O) groups is 1. The van der Waals surface area contributed by atoms with Crippen LogP contribution in [0.25, 0.3) is 0 Å². The Kier molecular flexibility index (Phi) is 3.06. The van der Waals surface area contributed by atoms with Crippen molar-refractivity contribution in [1.82, 2.24) is 0 Å². The summed E-state index contributed by atoms with van der Waals surface area (Å²) in [4.78, 5) is 10.9. The first-order valence-corrected chi connectivity index (χ1v) is 4.00. The molecule has 64 valence electrons. The molecule has 0 saturated heterocycles. The molecule has 0 heterocycles. The van der Waals surface area contributed by atoms with Crippen LogP contribution in [0, 0.1) is 0 Å². The number of rotatable bonds is 2. The van der Waals surface area contributed by atoms with Crippen LogP contribution in [-0.2, 0) is 0 Å². The Bertz CT molecular complexity index is 282. The molecule has 0 fully saturated rings. The number of benzene rings is 1. The van der Waals surface area contributed by atoms with E-state index in [4.69, 9.17) is 23.2 Å². The van der Waals surface area contributed by atoms with Crippen molar-refractivity contribution in [2.45, 2.75) is 5.63 Å². The number of ketones is 1. The molecule has 0 aliphatic rings. The van der Waals surface area contributed by atoms with Crippen LogP contribution in [0.15, 0.2) is 24.3 Å². The Balaban J connectivity index is 2.90. The van der Waals surface area contributed by atoms with Crippen LogP contribution in [0.1, 0.15) is 10.4 Å². The second-order valence-corrected chi connectivity index (χ2v) is 2.99. The van der Waals surface area contributed by atoms with E-state index in [1.54, 1.807) is 0 Å². The maximum absolute atomic E-state index is 12.3. The van der Waals surface area contributed by atoms with Crippen molar-refractivity contribution in [1.29, 1.82) is 0 Å². The van der Waals surface area contributed by atoms with E-state index in [9.17, 15) is 9.18 Å². The van der Waals surface area contributed by atoms with E-state index < -0.39 is 11.4 Å². The maximum atomic E-state index is 12.3. The van der Waals surface area contributed by atoms with Crippen molar-refractivity contribution in [3.05, 3.63) is 34.9 Å². The highest BCUT2D eigenvalue weighted by molar-refractivity contribution is 6.33. The Morgan fingerprint density at radius 1 is 1.33 bits per heavy atom. The van der Waals surface area contributed by atoms with Crippen LogP contribution in [0.3, 0.4) is 0 Å². The Hall–Kier alpha value is -0.600. The molecule has 12 heavy (non-hydrogen) atoms. The number of halogens is 3. The number of carbonyl (C=O) groups excluding carboxylic acids is 1. The van der Waals surface area contributed by atoms with Crippen molar-refractivity contribution < 1.29 is 9.18 Å². The molecule has 0 aliphatic heterocycles. The van der Waals surface area contributed by atoms with Gasteiger partial charge in [-0.05, 0) is 24.3 Å². The fourth-order valence-corrected chi connectivity index (χ4v) is 0.992. The zero-order valence-electron chi connectivity index (χ0n) is 5.93. The van der Waals surface area contributed by atoms with E-state index >= 15 is 0 Å². The summed E-state index contributed by atoms with van der Waals surface area (Å²) in [6.07, 6.45) is 0. The fourth-order valence-electron chi connectivity index (χ4n) is 0.740. The topological polar surface area (TPSA) is 17.1 Å². The zero-order chi connectivity index (χ0) is 9.14. The van der Waals surface area contributed by atoms with Crippen molar-refractivity contribution in [2.24, 2.45) is 0 Å². The molecule has 0 saturated carbocycles. The lowest BCUT2D eigenvalue weighted by molar-refractivity contribution is 0.0934. The first kappa shape index (κ1) is 9.49. The molecule has 0 aromatic heterocycles. The van der Waals surface area contributed by atoms with Gasteiger partial charge in [0.1, 0.15) is 0 Å². The first-order valence-electron chi connectivity index (χ1n) is 3.19. The lowest BCUT2D eigenvalue weighted by atomic mass is 10.1. The summed E-state index contributed by atoms with van der Waals surface area (Å²) in [6, 6.07) is 5.88. The predicted octanol–water partition coefficient (Wildman–Crippen LogP) is 3.06. The summed E-state index contributed by atoms with van der Waals surface area (Å²) in [6.45, 7) is 0. The monoisotopic (exact) mass is 206 g/mol. The van der Waals surface area contributed by atoms with E-state index in [-0.39, 0.29) is 5.56 Å². The van der Waals surface area contributed by atoms with Gasteiger partial charge >= 0.3 is 0 Å². The second-order valence-electron chi connectivity index (χ2n) is 2.17. The van der Waals surface area contributed by atoms with Gasteiger partial charge in [0.2, 0.25) is 11.4 Å². The van der Waals surface area contributed by atoms with Crippen LogP contribution >= 0.6 is 23.2 Å². The summed E-state index contributed by atoms with van der Waals surface area (Å²) in [5, 5.41) is 0.497. The highest BCUT2D eigenvalue weighted by Crippen LogP contribution is 2.13. The third-order valence-corrected chi connectivity index (χ3v) is 1.78. The van der Waals surface area contributed by atoms with Crippen molar-refractivity contribution >= 4 is 29.0 Å². The molecule has 0 aliphatic carbocycles. The average molecular weight is 207 g/mol. The molecule has 0 amide bonds. The Morgan fingerprint density at radius 3 is 2.25 bits per heavy atom. The van der Waals surface area contributed by atoms with Gasteiger partial charge in [-0.3, -0.25) is 4.79 Å². The number of Topliss-reactive ketones (excluding diaryl/α,β-unsaturated/α-hetero) is 1. The lowest BCUT2D eigenvalue weighted by Crippen LogP contribution is -2.08. The van der Waals surface area contributed by atoms with Crippen LogP contribution < -0.4 is 0 Å². The molecule has 0 unspecified atom stereocenters. The largest absolute Gasteiger partial charge is 0.289 e. The summed E-state index contributed by atoms with van der Waals surface area (Å²) >= 11 is 10.5. The minimum atomic E-state index is -1.98. The normalized spacial score (nSPS) is 12.6. The van der Waals surface area contributed by atoms with Gasteiger partial charge in [-0.1, -0.05) is 23.2 Å². The van der Waals surface area contributed by atoms with Gasteiger partial charge in [-0.2, -0.15) is 0 Å².